The maximum Gasteiger partial charge on any atom is 0.275 e. The summed E-state index contributed by atoms with van der Waals surface area (Å²) in [5, 5.41) is 10.4. The van der Waals surface area contributed by atoms with Crippen LogP contribution in [-0.4, -0.2) is 27.8 Å². The number of nitrogens with one attached hydrogen (secondary N) is 1. The van der Waals surface area contributed by atoms with E-state index in [1.807, 2.05) is 54.8 Å². The second-order valence-corrected chi connectivity index (χ2v) is 8.26. The molecule has 1 aromatic carbocycles. The highest BCUT2D eigenvalue weighted by Crippen LogP contribution is 2.29. The Labute approximate surface area is 170 Å². The molecule has 0 spiro atoms. The van der Waals surface area contributed by atoms with Gasteiger partial charge in [0.15, 0.2) is 11.4 Å². The Kier molecular flexibility index (Phi) is 5.23. The number of para-hydroxylation sites is 1. The molecule has 0 fully saturated rings. The van der Waals surface area contributed by atoms with Crippen LogP contribution in [0.2, 0.25) is 0 Å². The monoisotopic (exact) mass is 410 g/mol. The SMILES string of the molecule is COc1cn(-c2ccccc2)nc1C(=O)NCc1ccc(-c2csc(C)n2)s1. The molecular formula is C20H18N4O2S2. The van der Waals surface area contributed by atoms with Crippen molar-refractivity contribution in [2.45, 2.75) is 13.5 Å². The highest BCUT2D eigenvalue weighted by atomic mass is 32.1. The molecule has 0 radical (unpaired) electrons. The zero-order valence-corrected chi connectivity index (χ0v) is 17.0. The van der Waals surface area contributed by atoms with Gasteiger partial charge in [-0.1, -0.05) is 18.2 Å². The molecule has 0 unspecified atom stereocenters. The van der Waals surface area contributed by atoms with Crippen LogP contribution in [0.25, 0.3) is 16.3 Å². The third-order valence-corrected chi connectivity index (χ3v) is 5.97. The van der Waals surface area contributed by atoms with E-state index in [9.17, 15) is 4.79 Å². The Morgan fingerprint density at radius 3 is 2.75 bits per heavy atom. The lowest BCUT2D eigenvalue weighted by Gasteiger charge is -2.03. The normalized spacial score (nSPS) is 10.8. The van der Waals surface area contributed by atoms with Gasteiger partial charge in [-0.3, -0.25) is 4.79 Å². The Balaban J connectivity index is 1.47. The van der Waals surface area contributed by atoms with Crippen LogP contribution in [0, 0.1) is 6.92 Å². The van der Waals surface area contributed by atoms with Crippen LogP contribution in [0.5, 0.6) is 5.75 Å². The molecule has 4 rings (SSSR count). The number of aromatic nitrogens is 3. The van der Waals surface area contributed by atoms with Crippen molar-refractivity contribution in [1.29, 1.82) is 0 Å². The van der Waals surface area contributed by atoms with Crippen molar-refractivity contribution in [1.82, 2.24) is 20.1 Å². The summed E-state index contributed by atoms with van der Waals surface area (Å²) >= 11 is 3.25. The van der Waals surface area contributed by atoms with E-state index in [1.54, 1.807) is 33.6 Å². The van der Waals surface area contributed by atoms with Gasteiger partial charge in [-0.25, -0.2) is 9.67 Å². The van der Waals surface area contributed by atoms with Gasteiger partial charge < -0.3 is 10.1 Å². The third kappa shape index (κ3) is 3.83. The summed E-state index contributed by atoms with van der Waals surface area (Å²) in [6.07, 6.45) is 1.71. The number of methoxy groups -OCH3 is 1. The minimum Gasteiger partial charge on any atom is -0.493 e. The maximum atomic E-state index is 12.6. The summed E-state index contributed by atoms with van der Waals surface area (Å²) < 4.78 is 6.98. The first-order valence-electron chi connectivity index (χ1n) is 8.62. The predicted molar refractivity (Wildman–Crippen MR) is 111 cm³/mol. The van der Waals surface area contributed by atoms with Crippen molar-refractivity contribution in [3.63, 3.8) is 0 Å². The number of nitrogens with zero attached hydrogens (tertiary/aromatic N) is 3. The molecule has 142 valence electrons. The van der Waals surface area contributed by atoms with Gasteiger partial charge in [-0.15, -0.1) is 22.7 Å². The van der Waals surface area contributed by atoms with Crippen LogP contribution < -0.4 is 10.1 Å². The summed E-state index contributed by atoms with van der Waals surface area (Å²) in [5.41, 5.74) is 2.10. The van der Waals surface area contributed by atoms with E-state index in [2.05, 4.69) is 15.4 Å². The minimum absolute atomic E-state index is 0.262. The first-order chi connectivity index (χ1) is 13.6. The number of aryl methyl sites for hydroxylation is 1. The van der Waals surface area contributed by atoms with E-state index in [0.717, 1.165) is 26.1 Å². The number of thiophene rings is 1. The lowest BCUT2D eigenvalue weighted by Crippen LogP contribution is -2.23. The number of carbonyl (C=O) groups is 1. The average molecular weight is 411 g/mol. The highest BCUT2D eigenvalue weighted by Gasteiger charge is 2.18. The number of rotatable bonds is 6. The highest BCUT2D eigenvalue weighted by molar-refractivity contribution is 7.16. The van der Waals surface area contributed by atoms with Gasteiger partial charge in [0.25, 0.3) is 5.91 Å². The largest absolute Gasteiger partial charge is 0.493 e. The second-order valence-electron chi connectivity index (χ2n) is 6.03. The summed E-state index contributed by atoms with van der Waals surface area (Å²) in [5.74, 6) is 0.164. The molecular weight excluding hydrogens is 392 g/mol. The Hall–Kier alpha value is -2.97. The third-order valence-electron chi connectivity index (χ3n) is 4.09. The van der Waals surface area contributed by atoms with E-state index in [-0.39, 0.29) is 11.6 Å². The van der Waals surface area contributed by atoms with Crippen molar-refractivity contribution >= 4 is 28.6 Å². The van der Waals surface area contributed by atoms with Crippen molar-refractivity contribution in [3.8, 4) is 22.0 Å². The molecule has 0 aliphatic rings. The summed E-state index contributed by atoms with van der Waals surface area (Å²) in [4.78, 5) is 19.3. The predicted octanol–water partition coefficient (Wildman–Crippen LogP) is 4.30. The fraction of sp³-hybridized carbons (Fsp3) is 0.150. The molecule has 3 heterocycles. The van der Waals surface area contributed by atoms with E-state index >= 15 is 0 Å². The van der Waals surface area contributed by atoms with E-state index in [1.165, 1.54) is 7.11 Å². The molecule has 3 aromatic heterocycles. The second kappa shape index (κ2) is 7.95. The lowest BCUT2D eigenvalue weighted by molar-refractivity contribution is 0.0943. The lowest BCUT2D eigenvalue weighted by atomic mass is 10.3. The molecule has 6 nitrogen and oxygen atoms in total. The molecule has 4 aromatic rings. The number of amides is 1. The number of thiazole rings is 1. The Morgan fingerprint density at radius 2 is 2.04 bits per heavy atom. The van der Waals surface area contributed by atoms with Crippen molar-refractivity contribution in [2.75, 3.05) is 7.11 Å². The molecule has 0 bridgehead atoms. The molecule has 0 saturated carbocycles. The van der Waals surface area contributed by atoms with Gasteiger partial charge in [0.05, 0.1) is 41.1 Å². The standard InChI is InChI=1S/C20H18N4O2S2/c1-13-22-16(12-27-13)18-9-8-15(28-18)10-21-20(25)19-17(26-2)11-24(23-19)14-6-4-3-5-7-14/h3-9,11-12H,10H2,1-2H3,(H,21,25). The minimum atomic E-state index is -0.272. The first-order valence-corrected chi connectivity index (χ1v) is 10.3. The van der Waals surface area contributed by atoms with Crippen molar-refractivity contribution < 1.29 is 9.53 Å². The smallest absolute Gasteiger partial charge is 0.275 e. The van der Waals surface area contributed by atoms with Crippen LogP contribution in [-0.2, 0) is 6.54 Å². The van der Waals surface area contributed by atoms with Crippen LogP contribution in [0.1, 0.15) is 20.4 Å². The van der Waals surface area contributed by atoms with Crippen molar-refractivity contribution in [3.05, 3.63) is 69.6 Å². The number of hydrogen-bond acceptors (Lipinski definition) is 6. The Bertz CT molecular complexity index is 1100. The molecule has 28 heavy (non-hydrogen) atoms. The molecule has 8 heteroatoms. The molecule has 1 amide bonds. The number of ether oxygens (including phenoxy) is 1. The number of carbonyl (C=O) groups excluding carboxylic acids is 1. The fourth-order valence-electron chi connectivity index (χ4n) is 2.72. The van der Waals surface area contributed by atoms with Gasteiger partial charge in [-0.05, 0) is 31.2 Å². The van der Waals surface area contributed by atoms with Gasteiger partial charge in [0.2, 0.25) is 0 Å². The van der Waals surface area contributed by atoms with Crippen LogP contribution in [0.15, 0.2) is 54.0 Å². The molecule has 0 atom stereocenters. The van der Waals surface area contributed by atoms with Gasteiger partial charge in [-0.2, -0.15) is 5.10 Å². The Morgan fingerprint density at radius 1 is 1.21 bits per heavy atom. The summed E-state index contributed by atoms with van der Waals surface area (Å²) in [7, 11) is 1.53. The van der Waals surface area contributed by atoms with Gasteiger partial charge in [0.1, 0.15) is 0 Å². The molecule has 0 saturated heterocycles. The number of benzene rings is 1. The average Bonchev–Trinajstić information content (AvgIpc) is 3.45. The van der Waals surface area contributed by atoms with Crippen LogP contribution in [0.4, 0.5) is 0 Å². The van der Waals surface area contributed by atoms with E-state index in [0.29, 0.717) is 12.3 Å². The van der Waals surface area contributed by atoms with Gasteiger partial charge >= 0.3 is 0 Å². The summed E-state index contributed by atoms with van der Waals surface area (Å²) in [6, 6.07) is 13.6. The van der Waals surface area contributed by atoms with Crippen molar-refractivity contribution in [2.24, 2.45) is 0 Å². The van der Waals surface area contributed by atoms with Crippen LogP contribution >= 0.6 is 22.7 Å². The molecule has 0 aliphatic carbocycles. The zero-order valence-electron chi connectivity index (χ0n) is 15.4. The molecule has 1 N–H and O–H groups in total. The molecule has 0 aliphatic heterocycles. The zero-order chi connectivity index (χ0) is 19.5. The topological polar surface area (TPSA) is 69.0 Å². The quantitative estimate of drug-likeness (QED) is 0.514. The van der Waals surface area contributed by atoms with Gasteiger partial charge in [0, 0.05) is 10.3 Å². The van der Waals surface area contributed by atoms with E-state index in [4.69, 9.17) is 4.74 Å². The maximum absolute atomic E-state index is 12.6. The first kappa shape index (κ1) is 18.4. The fourth-order valence-corrected chi connectivity index (χ4v) is 4.31. The number of hydrogen-bond donors (Lipinski definition) is 1. The summed E-state index contributed by atoms with van der Waals surface area (Å²) in [6.45, 7) is 2.42. The van der Waals surface area contributed by atoms with Crippen LogP contribution in [0.3, 0.4) is 0 Å². The van der Waals surface area contributed by atoms with E-state index < -0.39 is 0 Å².